The Morgan fingerprint density at radius 3 is 2.31 bits per heavy atom. The molecule has 3 saturated carbocycles. The lowest BCUT2D eigenvalue weighted by Crippen LogP contribution is -2.59. The number of guanidine groups is 1. The average Bonchev–Trinajstić information content (AvgIpc) is 3.53. The quantitative estimate of drug-likeness (QED) is 0.114. The first-order valence-corrected chi connectivity index (χ1v) is 20.7. The molecular weight excluding hydrogens is 735 g/mol. The fourth-order valence-corrected chi connectivity index (χ4v) is 9.40. The van der Waals surface area contributed by atoms with E-state index in [9.17, 15) is 19.8 Å². The van der Waals surface area contributed by atoms with E-state index in [1.807, 2.05) is 93.4 Å². The van der Waals surface area contributed by atoms with Crippen LogP contribution in [0.2, 0.25) is 0 Å². The Hall–Kier alpha value is -4.17. The normalized spacial score (nSPS) is 24.7. The lowest BCUT2D eigenvalue weighted by atomic mass is 9.46. The van der Waals surface area contributed by atoms with Crippen LogP contribution in [0.25, 0.3) is 11.1 Å². The largest absolute Gasteiger partial charge is 0.496 e. The minimum atomic E-state index is -0.929. The van der Waals surface area contributed by atoms with E-state index in [2.05, 4.69) is 44.9 Å². The Labute approximate surface area is 346 Å². The first-order valence-electron chi connectivity index (χ1n) is 20.7. The SMILES string of the molecule is C=C1[C@@H](NC(=O)[C@@H]2[C@@H]([C@H](C)O)[C@H](CO)ON2Cc2cccc(-c3cc(C(=O)N[C@@H](CN=C(N(C)C)N(C)C)CC(C)C)cc(N(C)C)c3)c2OC)C[C@H]2C[C@@H]1C2(C)C. The highest BCUT2D eigenvalue weighted by Gasteiger charge is 2.56. The molecule has 2 aromatic rings. The van der Waals surface area contributed by atoms with Gasteiger partial charge < -0.3 is 40.3 Å². The second-order valence-corrected chi connectivity index (χ2v) is 18.2. The van der Waals surface area contributed by atoms with Gasteiger partial charge in [0, 0.05) is 76.6 Å². The molecule has 320 valence electrons. The summed E-state index contributed by atoms with van der Waals surface area (Å²) in [5, 5.41) is 29.5. The molecule has 0 spiro atoms. The number of carbonyl (C=O) groups is 2. The van der Waals surface area contributed by atoms with Crippen LogP contribution in [-0.4, -0.2) is 136 Å². The predicted octanol–water partition coefficient (Wildman–Crippen LogP) is 4.63. The van der Waals surface area contributed by atoms with Crippen LogP contribution >= 0.6 is 0 Å². The van der Waals surface area contributed by atoms with Crippen molar-refractivity contribution < 1.29 is 29.4 Å². The first-order chi connectivity index (χ1) is 27.3. The van der Waals surface area contributed by atoms with Gasteiger partial charge in [-0.3, -0.25) is 19.4 Å². The molecule has 2 aromatic carbocycles. The van der Waals surface area contributed by atoms with Crippen molar-refractivity contribution in [2.24, 2.45) is 34.1 Å². The molecule has 4 N–H and O–H groups in total. The van der Waals surface area contributed by atoms with E-state index < -0.39 is 24.2 Å². The number of para-hydroxylation sites is 1. The molecule has 6 rings (SSSR count). The number of aliphatic hydroxyl groups excluding tert-OH is 2. The number of fused-ring (bicyclic) bond motifs is 2. The van der Waals surface area contributed by atoms with Crippen LogP contribution in [0.3, 0.4) is 0 Å². The maximum absolute atomic E-state index is 14.3. The molecule has 58 heavy (non-hydrogen) atoms. The van der Waals surface area contributed by atoms with E-state index in [-0.39, 0.29) is 42.5 Å². The number of anilines is 1. The molecule has 13 nitrogen and oxygen atoms in total. The van der Waals surface area contributed by atoms with E-state index in [1.54, 1.807) is 19.1 Å². The molecule has 2 amide bonds. The number of hydroxylamine groups is 2. The fraction of sp³-hybridized carbons (Fsp3) is 0.622. The van der Waals surface area contributed by atoms with Gasteiger partial charge in [-0.2, -0.15) is 5.06 Å². The van der Waals surface area contributed by atoms with Crippen molar-refractivity contribution in [1.82, 2.24) is 25.5 Å². The summed E-state index contributed by atoms with van der Waals surface area (Å²) in [6.45, 7) is 15.1. The van der Waals surface area contributed by atoms with Gasteiger partial charge in [0.15, 0.2) is 5.96 Å². The number of amides is 2. The van der Waals surface area contributed by atoms with Crippen molar-refractivity contribution in [3.63, 3.8) is 0 Å². The van der Waals surface area contributed by atoms with E-state index >= 15 is 0 Å². The predicted molar refractivity (Wildman–Crippen MR) is 231 cm³/mol. The zero-order valence-electron chi connectivity index (χ0n) is 36.9. The van der Waals surface area contributed by atoms with Crippen LogP contribution in [0.5, 0.6) is 5.75 Å². The third kappa shape index (κ3) is 9.48. The summed E-state index contributed by atoms with van der Waals surface area (Å²) < 4.78 is 6.11. The molecule has 1 heterocycles. The standard InChI is InChI=1S/C45H69N7O6/c1-26(2)17-33(23-46-44(50(9)10)51(11)12)47-42(55)31-18-30(19-34(20-31)49(7)8)35-16-14-15-29(41(35)57-13)24-52-40(39(28(4)54)38(25-53)58-52)43(56)48-37-22-32-21-36(27(37)3)45(32,5)6/h14-16,18-20,26,28,32-33,36-40,53-54H,3,17,21-25H2,1-2,4-13H3,(H,47,55)(H,48,56)/t28-,32+,33+,36-,37-,38-,39-,40-/m0/s1. The van der Waals surface area contributed by atoms with E-state index in [1.165, 1.54) is 0 Å². The summed E-state index contributed by atoms with van der Waals surface area (Å²) in [6.07, 6.45) is 0.974. The van der Waals surface area contributed by atoms with Crippen LogP contribution in [0.15, 0.2) is 53.5 Å². The minimum absolute atomic E-state index is 0.138. The van der Waals surface area contributed by atoms with Gasteiger partial charge in [0.25, 0.3) is 5.91 Å². The zero-order valence-corrected chi connectivity index (χ0v) is 36.9. The maximum atomic E-state index is 14.3. The summed E-state index contributed by atoms with van der Waals surface area (Å²) in [5.41, 5.74) is 4.84. The lowest BCUT2D eigenvalue weighted by Gasteiger charge is -2.60. The summed E-state index contributed by atoms with van der Waals surface area (Å²) in [7, 11) is 13.3. The topological polar surface area (TPSA) is 142 Å². The van der Waals surface area contributed by atoms with E-state index in [0.717, 1.165) is 53.2 Å². The van der Waals surface area contributed by atoms with Gasteiger partial charge in [-0.1, -0.05) is 58.0 Å². The van der Waals surface area contributed by atoms with Crippen molar-refractivity contribution in [1.29, 1.82) is 0 Å². The number of carbonyl (C=O) groups excluding carboxylic acids is 2. The molecule has 0 unspecified atom stereocenters. The van der Waals surface area contributed by atoms with Crippen LogP contribution in [-0.2, 0) is 16.2 Å². The van der Waals surface area contributed by atoms with Gasteiger partial charge in [-0.15, -0.1) is 0 Å². The van der Waals surface area contributed by atoms with Crippen LogP contribution in [0, 0.1) is 29.1 Å². The number of aliphatic imine (C=N–C) groups is 1. The van der Waals surface area contributed by atoms with Gasteiger partial charge in [-0.25, -0.2) is 0 Å². The van der Waals surface area contributed by atoms with Crippen molar-refractivity contribution >= 4 is 23.5 Å². The highest BCUT2D eigenvalue weighted by atomic mass is 16.7. The number of hydrogen-bond acceptors (Lipinski definition) is 9. The number of nitrogens with zero attached hydrogens (tertiary/aromatic N) is 5. The molecular formula is C45H69N7O6. The zero-order chi connectivity index (χ0) is 42.8. The fourth-order valence-electron chi connectivity index (χ4n) is 9.40. The Balaban J connectivity index is 1.45. The van der Waals surface area contributed by atoms with Crippen LogP contribution in [0.4, 0.5) is 5.69 Å². The van der Waals surface area contributed by atoms with Gasteiger partial charge in [0.1, 0.15) is 17.9 Å². The summed E-state index contributed by atoms with van der Waals surface area (Å²) >= 11 is 0. The monoisotopic (exact) mass is 804 g/mol. The first kappa shape index (κ1) is 44.9. The van der Waals surface area contributed by atoms with Crippen LogP contribution in [0.1, 0.15) is 69.8 Å². The number of ether oxygens (including phenoxy) is 1. The van der Waals surface area contributed by atoms with Crippen LogP contribution < -0.4 is 20.3 Å². The molecule has 13 heteroatoms. The Morgan fingerprint density at radius 2 is 1.76 bits per heavy atom. The van der Waals surface area contributed by atoms with Crippen molar-refractivity contribution in [2.75, 3.05) is 67.4 Å². The molecule has 3 aliphatic carbocycles. The molecule has 4 aliphatic rings. The number of benzene rings is 2. The number of nitrogens with one attached hydrogen (secondary N) is 2. The molecule has 8 atom stereocenters. The van der Waals surface area contributed by atoms with Crippen molar-refractivity contribution in [3.8, 4) is 16.9 Å². The van der Waals surface area contributed by atoms with Gasteiger partial charge in [0.2, 0.25) is 5.91 Å². The smallest absolute Gasteiger partial charge is 0.251 e. The number of hydrogen-bond donors (Lipinski definition) is 4. The third-order valence-corrected chi connectivity index (χ3v) is 12.6. The Morgan fingerprint density at radius 1 is 1.07 bits per heavy atom. The van der Waals surface area contributed by atoms with Gasteiger partial charge in [-0.05, 0) is 73.1 Å². The maximum Gasteiger partial charge on any atom is 0.251 e. The summed E-state index contributed by atoms with van der Waals surface area (Å²) in [4.78, 5) is 45.4. The summed E-state index contributed by atoms with van der Waals surface area (Å²) in [6, 6.07) is 10.3. The second-order valence-electron chi connectivity index (χ2n) is 18.2. The van der Waals surface area contributed by atoms with E-state index in [0.29, 0.717) is 35.6 Å². The molecule has 0 radical (unpaired) electrons. The molecule has 4 fully saturated rings. The Bertz CT molecular complexity index is 1810. The summed E-state index contributed by atoms with van der Waals surface area (Å²) in [5.74, 6) is 1.45. The third-order valence-electron chi connectivity index (χ3n) is 12.6. The highest BCUT2D eigenvalue weighted by Crippen LogP contribution is 2.60. The molecule has 2 bridgehead atoms. The number of methoxy groups -OCH3 is 1. The molecule has 0 aromatic heterocycles. The van der Waals surface area contributed by atoms with Crippen molar-refractivity contribution in [2.45, 2.75) is 90.8 Å². The highest BCUT2D eigenvalue weighted by molar-refractivity contribution is 5.97. The second kappa shape index (κ2) is 18.4. The molecule has 1 saturated heterocycles. The van der Waals surface area contributed by atoms with Crippen molar-refractivity contribution in [3.05, 3.63) is 59.7 Å². The Kier molecular flexibility index (Phi) is 14.2. The lowest BCUT2D eigenvalue weighted by molar-refractivity contribution is -0.182. The van der Waals surface area contributed by atoms with Gasteiger partial charge >= 0.3 is 0 Å². The number of aliphatic hydroxyl groups is 2. The average molecular weight is 804 g/mol. The molecule has 1 aliphatic heterocycles. The minimum Gasteiger partial charge on any atom is -0.496 e. The van der Waals surface area contributed by atoms with Gasteiger partial charge in [0.05, 0.1) is 39.0 Å². The number of rotatable bonds is 15. The van der Waals surface area contributed by atoms with E-state index in [4.69, 9.17) is 14.6 Å².